The van der Waals surface area contributed by atoms with Crippen LogP contribution in [0.1, 0.15) is 32.8 Å². The van der Waals surface area contributed by atoms with Crippen molar-refractivity contribution in [3.63, 3.8) is 0 Å². The molecule has 19 heavy (non-hydrogen) atoms. The summed E-state index contributed by atoms with van der Waals surface area (Å²) in [6.07, 6.45) is 0.495. The molecule has 0 fully saturated rings. The number of para-hydroxylation sites is 1. The van der Waals surface area contributed by atoms with Gasteiger partial charge in [-0.2, -0.15) is 0 Å². The van der Waals surface area contributed by atoms with Crippen molar-refractivity contribution in [2.75, 3.05) is 13.2 Å². The fourth-order valence-electron chi connectivity index (χ4n) is 1.77. The predicted molar refractivity (Wildman–Crippen MR) is 77.2 cm³/mol. The Morgan fingerprint density at radius 2 is 2.05 bits per heavy atom. The fraction of sp³-hybridized carbons (Fsp3) is 0.533. The average molecular weight is 264 g/mol. The summed E-state index contributed by atoms with van der Waals surface area (Å²) in [6, 6.07) is 8.15. The third kappa shape index (κ3) is 6.25. The molecule has 0 aliphatic heterocycles. The third-order valence-corrected chi connectivity index (χ3v) is 2.57. The Kier molecular flexibility index (Phi) is 6.97. The Hall–Kier alpha value is -1.55. The van der Waals surface area contributed by atoms with Gasteiger partial charge in [-0.1, -0.05) is 18.2 Å². The van der Waals surface area contributed by atoms with Crippen molar-refractivity contribution in [3.05, 3.63) is 29.8 Å². The number of benzene rings is 1. The molecule has 1 aromatic carbocycles. The molecule has 0 bridgehead atoms. The van der Waals surface area contributed by atoms with E-state index in [1.165, 1.54) is 0 Å². The number of carbonyl (C=O) groups is 1. The van der Waals surface area contributed by atoms with E-state index < -0.39 is 0 Å². The summed E-state index contributed by atoms with van der Waals surface area (Å²) in [6.45, 7) is 7.94. The first kappa shape index (κ1) is 15.5. The zero-order chi connectivity index (χ0) is 14.1. The molecule has 0 aromatic heterocycles. The quantitative estimate of drug-likeness (QED) is 0.707. The SMILES string of the molecule is CCOc1ccccc1CNCCC(=O)NC(C)C. The largest absolute Gasteiger partial charge is 0.494 e. The van der Waals surface area contributed by atoms with Gasteiger partial charge in [-0.15, -0.1) is 0 Å². The minimum atomic E-state index is 0.0839. The summed E-state index contributed by atoms with van der Waals surface area (Å²) in [5.74, 6) is 0.990. The summed E-state index contributed by atoms with van der Waals surface area (Å²) in [5, 5.41) is 6.13. The molecule has 106 valence electrons. The number of ether oxygens (including phenoxy) is 1. The monoisotopic (exact) mass is 264 g/mol. The number of hydrogen-bond acceptors (Lipinski definition) is 3. The third-order valence-electron chi connectivity index (χ3n) is 2.57. The molecule has 0 aliphatic carbocycles. The topological polar surface area (TPSA) is 50.4 Å². The summed E-state index contributed by atoms with van der Waals surface area (Å²) >= 11 is 0. The zero-order valence-electron chi connectivity index (χ0n) is 12.0. The maximum atomic E-state index is 11.5. The highest BCUT2D eigenvalue weighted by atomic mass is 16.5. The van der Waals surface area contributed by atoms with E-state index in [0.29, 0.717) is 26.1 Å². The van der Waals surface area contributed by atoms with Crippen LogP contribution in [0.2, 0.25) is 0 Å². The Morgan fingerprint density at radius 1 is 1.32 bits per heavy atom. The molecule has 4 heteroatoms. The summed E-state index contributed by atoms with van der Waals surface area (Å²) < 4.78 is 5.55. The van der Waals surface area contributed by atoms with E-state index in [4.69, 9.17) is 4.74 Å². The van der Waals surface area contributed by atoms with Crippen LogP contribution in [0.4, 0.5) is 0 Å². The van der Waals surface area contributed by atoms with Gasteiger partial charge in [-0.25, -0.2) is 0 Å². The van der Waals surface area contributed by atoms with E-state index in [1.54, 1.807) is 0 Å². The second-order valence-electron chi connectivity index (χ2n) is 4.69. The van der Waals surface area contributed by atoms with Gasteiger partial charge in [-0.3, -0.25) is 4.79 Å². The van der Waals surface area contributed by atoms with Crippen molar-refractivity contribution >= 4 is 5.91 Å². The molecule has 1 aromatic rings. The van der Waals surface area contributed by atoms with Crippen LogP contribution >= 0.6 is 0 Å². The summed E-state index contributed by atoms with van der Waals surface area (Å²) in [4.78, 5) is 11.5. The molecule has 4 nitrogen and oxygen atoms in total. The van der Waals surface area contributed by atoms with Gasteiger partial charge >= 0.3 is 0 Å². The van der Waals surface area contributed by atoms with Gasteiger partial charge in [0.2, 0.25) is 5.91 Å². The van der Waals surface area contributed by atoms with E-state index in [1.807, 2.05) is 45.0 Å². The lowest BCUT2D eigenvalue weighted by Crippen LogP contribution is -2.32. The molecule has 1 amide bonds. The number of carbonyl (C=O) groups excluding carboxylic acids is 1. The van der Waals surface area contributed by atoms with Crippen LogP contribution in [0, 0.1) is 0 Å². The van der Waals surface area contributed by atoms with Crippen molar-refractivity contribution in [1.82, 2.24) is 10.6 Å². The second-order valence-corrected chi connectivity index (χ2v) is 4.69. The van der Waals surface area contributed by atoms with E-state index in [0.717, 1.165) is 11.3 Å². The molecule has 1 rings (SSSR count). The number of amides is 1. The van der Waals surface area contributed by atoms with Crippen LogP contribution < -0.4 is 15.4 Å². The molecule has 0 aliphatic rings. The Labute approximate surface area is 115 Å². The van der Waals surface area contributed by atoms with Gasteiger partial charge in [0.05, 0.1) is 6.61 Å². The van der Waals surface area contributed by atoms with Gasteiger partial charge in [0, 0.05) is 31.1 Å². The first-order chi connectivity index (χ1) is 9.13. The van der Waals surface area contributed by atoms with Crippen molar-refractivity contribution < 1.29 is 9.53 Å². The Bertz CT molecular complexity index is 391. The van der Waals surface area contributed by atoms with Gasteiger partial charge < -0.3 is 15.4 Å². The number of hydrogen-bond donors (Lipinski definition) is 2. The molecular formula is C15H24N2O2. The number of nitrogens with one attached hydrogen (secondary N) is 2. The molecular weight excluding hydrogens is 240 g/mol. The minimum absolute atomic E-state index is 0.0839. The van der Waals surface area contributed by atoms with Crippen molar-refractivity contribution in [3.8, 4) is 5.75 Å². The van der Waals surface area contributed by atoms with Gasteiger partial charge in [-0.05, 0) is 26.8 Å². The van der Waals surface area contributed by atoms with E-state index in [9.17, 15) is 4.79 Å². The lowest BCUT2D eigenvalue weighted by atomic mass is 10.2. The average Bonchev–Trinajstić information content (AvgIpc) is 2.36. The first-order valence-corrected chi connectivity index (χ1v) is 6.84. The highest BCUT2D eigenvalue weighted by Crippen LogP contribution is 2.17. The molecule has 0 saturated carbocycles. The van der Waals surface area contributed by atoms with Crippen molar-refractivity contribution in [2.45, 2.75) is 39.8 Å². The highest BCUT2D eigenvalue weighted by Gasteiger charge is 2.04. The van der Waals surface area contributed by atoms with Crippen LogP contribution in [0.15, 0.2) is 24.3 Å². The second kappa shape index (κ2) is 8.53. The van der Waals surface area contributed by atoms with Crippen molar-refractivity contribution in [2.24, 2.45) is 0 Å². The molecule has 0 atom stereocenters. The van der Waals surface area contributed by atoms with Crippen LogP contribution in [-0.2, 0) is 11.3 Å². The summed E-state index contributed by atoms with van der Waals surface area (Å²) in [5.41, 5.74) is 1.12. The first-order valence-electron chi connectivity index (χ1n) is 6.84. The molecule has 0 unspecified atom stereocenters. The van der Waals surface area contributed by atoms with E-state index in [-0.39, 0.29) is 11.9 Å². The van der Waals surface area contributed by atoms with Gasteiger partial charge in [0.15, 0.2) is 0 Å². The highest BCUT2D eigenvalue weighted by molar-refractivity contribution is 5.76. The maximum absolute atomic E-state index is 11.5. The van der Waals surface area contributed by atoms with E-state index in [2.05, 4.69) is 10.6 Å². The van der Waals surface area contributed by atoms with Crippen LogP contribution in [0.5, 0.6) is 5.75 Å². The smallest absolute Gasteiger partial charge is 0.221 e. The lowest BCUT2D eigenvalue weighted by Gasteiger charge is -2.11. The molecule has 0 radical (unpaired) electrons. The fourth-order valence-corrected chi connectivity index (χ4v) is 1.77. The predicted octanol–water partition coefficient (Wildman–Crippen LogP) is 2.09. The minimum Gasteiger partial charge on any atom is -0.494 e. The molecule has 2 N–H and O–H groups in total. The maximum Gasteiger partial charge on any atom is 0.221 e. The standard InChI is InChI=1S/C15H24N2O2/c1-4-19-14-8-6-5-7-13(14)11-16-10-9-15(18)17-12(2)3/h5-8,12,16H,4,9-11H2,1-3H3,(H,17,18). The van der Waals surface area contributed by atoms with Crippen LogP contribution in [-0.4, -0.2) is 25.1 Å². The van der Waals surface area contributed by atoms with Gasteiger partial charge in [0.25, 0.3) is 0 Å². The van der Waals surface area contributed by atoms with E-state index >= 15 is 0 Å². The van der Waals surface area contributed by atoms with Crippen LogP contribution in [0.25, 0.3) is 0 Å². The molecule has 0 saturated heterocycles. The zero-order valence-corrected chi connectivity index (χ0v) is 12.0. The normalized spacial score (nSPS) is 10.5. The number of rotatable bonds is 8. The summed E-state index contributed by atoms with van der Waals surface area (Å²) in [7, 11) is 0. The Balaban J connectivity index is 2.31. The van der Waals surface area contributed by atoms with Crippen molar-refractivity contribution in [1.29, 1.82) is 0 Å². The Morgan fingerprint density at radius 3 is 2.74 bits per heavy atom. The van der Waals surface area contributed by atoms with Gasteiger partial charge in [0.1, 0.15) is 5.75 Å². The lowest BCUT2D eigenvalue weighted by molar-refractivity contribution is -0.121. The molecule has 0 heterocycles. The van der Waals surface area contributed by atoms with Crippen LogP contribution in [0.3, 0.4) is 0 Å². The molecule has 0 spiro atoms.